The quantitative estimate of drug-likeness (QED) is 0.810. The summed E-state index contributed by atoms with van der Waals surface area (Å²) in [7, 11) is 0. The van der Waals surface area contributed by atoms with Crippen molar-refractivity contribution in [2.45, 2.75) is 58.1 Å². The number of rotatable bonds is 3. The van der Waals surface area contributed by atoms with E-state index in [0.717, 1.165) is 11.3 Å². The molecule has 0 aliphatic heterocycles. The molecule has 2 rings (SSSR count). The second-order valence-corrected chi connectivity index (χ2v) is 5.05. The van der Waals surface area contributed by atoms with Crippen LogP contribution >= 0.6 is 0 Å². The maximum atomic E-state index is 6.13. The standard InChI is InChI=1S/C15H23NO/c1-12-8-9-15(13(10-12)11-16)17-14-6-4-2-3-5-7-14/h8-10,14H,2-7,11,16H2,1H3. The third-order valence-electron chi connectivity index (χ3n) is 3.53. The molecule has 0 radical (unpaired) electrons. The first-order valence-corrected chi connectivity index (χ1v) is 6.76. The van der Waals surface area contributed by atoms with E-state index in [0.29, 0.717) is 12.6 Å². The van der Waals surface area contributed by atoms with Crippen molar-refractivity contribution in [2.24, 2.45) is 5.73 Å². The highest BCUT2D eigenvalue weighted by atomic mass is 16.5. The van der Waals surface area contributed by atoms with Crippen LogP contribution in [-0.2, 0) is 6.54 Å². The fraction of sp³-hybridized carbons (Fsp3) is 0.600. The van der Waals surface area contributed by atoms with E-state index in [1.165, 1.54) is 44.1 Å². The molecule has 1 aliphatic carbocycles. The molecule has 1 aromatic rings. The molecule has 1 saturated carbocycles. The minimum absolute atomic E-state index is 0.394. The van der Waals surface area contributed by atoms with Gasteiger partial charge in [0.2, 0.25) is 0 Å². The molecule has 1 fully saturated rings. The molecule has 0 amide bonds. The summed E-state index contributed by atoms with van der Waals surface area (Å²) >= 11 is 0. The average Bonchev–Trinajstić information content (AvgIpc) is 2.60. The van der Waals surface area contributed by atoms with Crippen LogP contribution in [-0.4, -0.2) is 6.10 Å². The van der Waals surface area contributed by atoms with Gasteiger partial charge in [-0.3, -0.25) is 0 Å². The van der Waals surface area contributed by atoms with Crippen LogP contribution in [0.25, 0.3) is 0 Å². The molecular weight excluding hydrogens is 210 g/mol. The lowest BCUT2D eigenvalue weighted by Crippen LogP contribution is -2.16. The summed E-state index contributed by atoms with van der Waals surface area (Å²) in [4.78, 5) is 0. The second-order valence-electron chi connectivity index (χ2n) is 5.05. The summed E-state index contributed by atoms with van der Waals surface area (Å²) in [6, 6.07) is 6.31. The van der Waals surface area contributed by atoms with Gasteiger partial charge in [0.15, 0.2) is 0 Å². The number of nitrogens with two attached hydrogens (primary N) is 1. The third-order valence-corrected chi connectivity index (χ3v) is 3.53. The van der Waals surface area contributed by atoms with Gasteiger partial charge in [-0.25, -0.2) is 0 Å². The fourth-order valence-corrected chi connectivity index (χ4v) is 2.52. The van der Waals surface area contributed by atoms with E-state index < -0.39 is 0 Å². The molecule has 0 saturated heterocycles. The third kappa shape index (κ3) is 3.47. The highest BCUT2D eigenvalue weighted by Gasteiger charge is 2.15. The van der Waals surface area contributed by atoms with Crippen LogP contribution in [0.5, 0.6) is 5.75 Å². The van der Waals surface area contributed by atoms with Crippen LogP contribution in [0.2, 0.25) is 0 Å². The van der Waals surface area contributed by atoms with Crippen molar-refractivity contribution in [1.82, 2.24) is 0 Å². The summed E-state index contributed by atoms with van der Waals surface area (Å²) in [5.41, 5.74) is 8.16. The SMILES string of the molecule is Cc1ccc(OC2CCCCCC2)c(CN)c1. The molecule has 17 heavy (non-hydrogen) atoms. The molecule has 2 N–H and O–H groups in total. The van der Waals surface area contributed by atoms with Crippen LogP contribution in [0, 0.1) is 6.92 Å². The highest BCUT2D eigenvalue weighted by molar-refractivity contribution is 5.36. The summed E-state index contributed by atoms with van der Waals surface area (Å²) in [5.74, 6) is 0.991. The lowest BCUT2D eigenvalue weighted by Gasteiger charge is -2.19. The average molecular weight is 233 g/mol. The minimum atomic E-state index is 0.394. The van der Waals surface area contributed by atoms with Gasteiger partial charge in [0, 0.05) is 12.1 Å². The van der Waals surface area contributed by atoms with Gasteiger partial charge >= 0.3 is 0 Å². The number of hydrogen-bond acceptors (Lipinski definition) is 2. The lowest BCUT2D eigenvalue weighted by molar-refractivity contribution is 0.182. The Morgan fingerprint density at radius 3 is 2.53 bits per heavy atom. The van der Waals surface area contributed by atoms with E-state index in [9.17, 15) is 0 Å². The van der Waals surface area contributed by atoms with Gasteiger partial charge in [-0.2, -0.15) is 0 Å². The summed E-state index contributed by atoms with van der Waals surface area (Å²) in [6.07, 6.45) is 8.10. The van der Waals surface area contributed by atoms with Crippen molar-refractivity contribution in [1.29, 1.82) is 0 Å². The molecule has 0 spiro atoms. The van der Waals surface area contributed by atoms with E-state index in [2.05, 4.69) is 25.1 Å². The molecule has 0 atom stereocenters. The molecule has 2 nitrogen and oxygen atoms in total. The number of benzene rings is 1. The van der Waals surface area contributed by atoms with E-state index in [1.807, 2.05) is 0 Å². The van der Waals surface area contributed by atoms with Crippen LogP contribution in [0.1, 0.15) is 49.7 Å². The topological polar surface area (TPSA) is 35.2 Å². The Balaban J connectivity index is 2.06. The Morgan fingerprint density at radius 2 is 1.88 bits per heavy atom. The molecule has 0 bridgehead atoms. The first kappa shape index (κ1) is 12.4. The predicted octanol–water partition coefficient (Wildman–Crippen LogP) is 3.56. The number of aryl methyl sites for hydroxylation is 1. The molecule has 2 heteroatoms. The van der Waals surface area contributed by atoms with Gasteiger partial charge in [-0.05, 0) is 38.7 Å². The summed E-state index contributed by atoms with van der Waals surface area (Å²) in [6.45, 7) is 2.65. The Bertz CT molecular complexity index is 354. The number of ether oxygens (including phenoxy) is 1. The van der Waals surface area contributed by atoms with Gasteiger partial charge in [0.05, 0.1) is 6.10 Å². The molecule has 94 valence electrons. The smallest absolute Gasteiger partial charge is 0.124 e. The highest BCUT2D eigenvalue weighted by Crippen LogP contribution is 2.26. The van der Waals surface area contributed by atoms with E-state index in [4.69, 9.17) is 10.5 Å². The number of hydrogen-bond donors (Lipinski definition) is 1. The first-order valence-electron chi connectivity index (χ1n) is 6.76. The Kier molecular flexibility index (Phi) is 4.43. The Hall–Kier alpha value is -1.02. The zero-order valence-corrected chi connectivity index (χ0v) is 10.7. The van der Waals surface area contributed by atoms with Crippen LogP contribution < -0.4 is 10.5 Å². The molecule has 1 aliphatic rings. The van der Waals surface area contributed by atoms with Crippen LogP contribution in [0.4, 0.5) is 0 Å². The van der Waals surface area contributed by atoms with Gasteiger partial charge in [0.1, 0.15) is 5.75 Å². The van der Waals surface area contributed by atoms with Crippen molar-refractivity contribution in [3.8, 4) is 5.75 Å². The van der Waals surface area contributed by atoms with Crippen molar-refractivity contribution in [2.75, 3.05) is 0 Å². The first-order chi connectivity index (χ1) is 8.29. The van der Waals surface area contributed by atoms with Gasteiger partial charge in [0.25, 0.3) is 0 Å². The van der Waals surface area contributed by atoms with Crippen LogP contribution in [0.15, 0.2) is 18.2 Å². The van der Waals surface area contributed by atoms with Crippen LogP contribution in [0.3, 0.4) is 0 Å². The largest absolute Gasteiger partial charge is 0.490 e. The van der Waals surface area contributed by atoms with Gasteiger partial charge < -0.3 is 10.5 Å². The molecular formula is C15H23NO. The zero-order chi connectivity index (χ0) is 12.1. The maximum absolute atomic E-state index is 6.13. The molecule has 0 aromatic heterocycles. The van der Waals surface area contributed by atoms with Crippen molar-refractivity contribution in [3.05, 3.63) is 29.3 Å². The van der Waals surface area contributed by atoms with E-state index >= 15 is 0 Å². The van der Waals surface area contributed by atoms with E-state index in [-0.39, 0.29) is 0 Å². The Labute approximate surface area is 104 Å². The van der Waals surface area contributed by atoms with Gasteiger partial charge in [-0.15, -0.1) is 0 Å². The zero-order valence-electron chi connectivity index (χ0n) is 10.7. The summed E-state index contributed by atoms with van der Waals surface area (Å²) < 4.78 is 6.13. The van der Waals surface area contributed by atoms with E-state index in [1.54, 1.807) is 0 Å². The second kappa shape index (κ2) is 6.06. The predicted molar refractivity (Wildman–Crippen MR) is 71.2 cm³/mol. The molecule has 1 aromatic carbocycles. The van der Waals surface area contributed by atoms with Crippen molar-refractivity contribution in [3.63, 3.8) is 0 Å². The molecule has 0 unspecified atom stereocenters. The monoisotopic (exact) mass is 233 g/mol. The van der Waals surface area contributed by atoms with Gasteiger partial charge in [-0.1, -0.05) is 30.5 Å². The summed E-state index contributed by atoms with van der Waals surface area (Å²) in [5, 5.41) is 0. The lowest BCUT2D eigenvalue weighted by atomic mass is 10.1. The molecule has 0 heterocycles. The van der Waals surface area contributed by atoms with Crippen molar-refractivity contribution >= 4 is 0 Å². The normalized spacial score (nSPS) is 17.8. The maximum Gasteiger partial charge on any atom is 0.124 e. The van der Waals surface area contributed by atoms with Crippen molar-refractivity contribution < 1.29 is 4.74 Å². The minimum Gasteiger partial charge on any atom is -0.490 e. The Morgan fingerprint density at radius 1 is 1.18 bits per heavy atom. The fourth-order valence-electron chi connectivity index (χ4n) is 2.52.